The summed E-state index contributed by atoms with van der Waals surface area (Å²) in [6.07, 6.45) is 8.26. The van der Waals surface area contributed by atoms with Crippen LogP contribution in [0.4, 0.5) is 0 Å². The second-order valence-electron chi connectivity index (χ2n) is 6.24. The molecule has 4 nitrogen and oxygen atoms in total. The molecule has 1 fully saturated rings. The molecule has 0 bridgehead atoms. The third-order valence-electron chi connectivity index (χ3n) is 4.00. The fourth-order valence-corrected chi connectivity index (χ4v) is 2.82. The molecule has 4 heteroatoms. The first-order valence-corrected chi connectivity index (χ1v) is 7.79. The lowest BCUT2D eigenvalue weighted by Crippen LogP contribution is -2.35. The maximum Gasteiger partial charge on any atom is 0.138 e. The van der Waals surface area contributed by atoms with Crippen LogP contribution in [0.15, 0.2) is 6.33 Å². The van der Waals surface area contributed by atoms with Crippen molar-refractivity contribution < 1.29 is 0 Å². The highest BCUT2D eigenvalue weighted by molar-refractivity contribution is 4.91. The SMILES string of the molecule is CCNC(Cc1ncnn1CC(C)C)CC1CCC1. The Morgan fingerprint density at radius 3 is 2.79 bits per heavy atom. The fraction of sp³-hybridized carbons (Fsp3) is 0.867. The lowest BCUT2D eigenvalue weighted by atomic mass is 9.80. The van der Waals surface area contributed by atoms with Gasteiger partial charge in [0.15, 0.2) is 0 Å². The van der Waals surface area contributed by atoms with E-state index in [0.29, 0.717) is 12.0 Å². The lowest BCUT2D eigenvalue weighted by Gasteiger charge is -2.30. The van der Waals surface area contributed by atoms with Crippen LogP contribution in [0.2, 0.25) is 0 Å². The van der Waals surface area contributed by atoms with E-state index in [-0.39, 0.29) is 0 Å². The molecular weight excluding hydrogens is 236 g/mol. The van der Waals surface area contributed by atoms with Gasteiger partial charge in [0.1, 0.15) is 12.2 Å². The van der Waals surface area contributed by atoms with Gasteiger partial charge in [0.25, 0.3) is 0 Å². The average molecular weight is 264 g/mol. The summed E-state index contributed by atoms with van der Waals surface area (Å²) in [5.41, 5.74) is 0. The summed E-state index contributed by atoms with van der Waals surface area (Å²) in [4.78, 5) is 4.45. The Hall–Kier alpha value is -0.900. The van der Waals surface area contributed by atoms with E-state index in [0.717, 1.165) is 31.3 Å². The molecule has 1 saturated carbocycles. The molecule has 1 unspecified atom stereocenters. The first kappa shape index (κ1) is 14.5. The quantitative estimate of drug-likeness (QED) is 0.785. The molecule has 0 saturated heterocycles. The Balaban J connectivity index is 1.93. The summed E-state index contributed by atoms with van der Waals surface area (Å²) < 4.78 is 2.08. The maximum atomic E-state index is 4.45. The van der Waals surface area contributed by atoms with Crippen LogP contribution in [0.5, 0.6) is 0 Å². The maximum absolute atomic E-state index is 4.45. The number of hydrogen-bond donors (Lipinski definition) is 1. The van der Waals surface area contributed by atoms with Gasteiger partial charge in [0.2, 0.25) is 0 Å². The molecule has 1 N–H and O–H groups in total. The summed E-state index contributed by atoms with van der Waals surface area (Å²) in [6, 6.07) is 0.561. The van der Waals surface area contributed by atoms with Crippen LogP contribution in [0.3, 0.4) is 0 Å². The van der Waals surface area contributed by atoms with Gasteiger partial charge in [-0.05, 0) is 24.8 Å². The molecule has 0 aromatic carbocycles. The Morgan fingerprint density at radius 1 is 1.42 bits per heavy atom. The van der Waals surface area contributed by atoms with E-state index in [1.807, 2.05) is 0 Å². The zero-order valence-corrected chi connectivity index (χ0v) is 12.6. The van der Waals surface area contributed by atoms with E-state index in [1.165, 1.54) is 25.7 Å². The van der Waals surface area contributed by atoms with E-state index in [2.05, 4.69) is 40.9 Å². The first-order chi connectivity index (χ1) is 9.19. The summed E-state index contributed by atoms with van der Waals surface area (Å²) in [6.45, 7) is 8.64. The zero-order valence-electron chi connectivity index (χ0n) is 12.6. The number of nitrogens with one attached hydrogen (secondary N) is 1. The summed E-state index contributed by atoms with van der Waals surface area (Å²) in [7, 11) is 0. The molecular formula is C15H28N4. The highest BCUT2D eigenvalue weighted by Gasteiger charge is 2.23. The molecule has 0 spiro atoms. The topological polar surface area (TPSA) is 42.7 Å². The van der Waals surface area contributed by atoms with E-state index in [4.69, 9.17) is 0 Å². The molecule has 1 aromatic rings. The molecule has 1 aromatic heterocycles. The number of nitrogens with zero attached hydrogens (tertiary/aromatic N) is 3. The normalized spacial score (nSPS) is 17.7. The molecule has 19 heavy (non-hydrogen) atoms. The van der Waals surface area contributed by atoms with Crippen molar-refractivity contribution in [2.24, 2.45) is 11.8 Å². The predicted molar refractivity (Wildman–Crippen MR) is 78.0 cm³/mol. The Morgan fingerprint density at radius 2 is 2.21 bits per heavy atom. The molecule has 1 aliphatic carbocycles. The monoisotopic (exact) mass is 264 g/mol. The number of hydrogen-bond acceptors (Lipinski definition) is 3. The molecule has 1 atom stereocenters. The van der Waals surface area contributed by atoms with Crippen molar-refractivity contribution in [1.29, 1.82) is 0 Å². The van der Waals surface area contributed by atoms with E-state index < -0.39 is 0 Å². The third-order valence-corrected chi connectivity index (χ3v) is 4.00. The molecule has 2 rings (SSSR count). The Kier molecular flexibility index (Phi) is 5.37. The first-order valence-electron chi connectivity index (χ1n) is 7.79. The van der Waals surface area contributed by atoms with Crippen LogP contribution < -0.4 is 5.32 Å². The number of rotatable bonds is 8. The molecule has 0 aliphatic heterocycles. The number of aromatic nitrogens is 3. The lowest BCUT2D eigenvalue weighted by molar-refractivity contribution is 0.257. The van der Waals surface area contributed by atoms with Crippen molar-refractivity contribution in [3.05, 3.63) is 12.2 Å². The van der Waals surface area contributed by atoms with Crippen molar-refractivity contribution in [3.63, 3.8) is 0 Å². The smallest absolute Gasteiger partial charge is 0.138 e. The molecule has 108 valence electrons. The van der Waals surface area contributed by atoms with E-state index in [1.54, 1.807) is 6.33 Å². The second-order valence-corrected chi connectivity index (χ2v) is 6.24. The van der Waals surface area contributed by atoms with Crippen molar-refractivity contribution in [1.82, 2.24) is 20.1 Å². The van der Waals surface area contributed by atoms with Crippen molar-refractivity contribution in [2.75, 3.05) is 6.54 Å². The standard InChI is InChI=1S/C15H28N4/c1-4-16-14(8-13-6-5-7-13)9-15-17-11-18-19(15)10-12(2)3/h11-14,16H,4-10H2,1-3H3. The van der Waals surface area contributed by atoms with Gasteiger partial charge < -0.3 is 5.32 Å². The van der Waals surface area contributed by atoms with Crippen LogP contribution in [0.1, 0.15) is 52.3 Å². The summed E-state index contributed by atoms with van der Waals surface area (Å²) in [5, 5.41) is 7.98. The van der Waals surface area contributed by atoms with Gasteiger partial charge in [0, 0.05) is 19.0 Å². The second kappa shape index (κ2) is 7.04. The third kappa shape index (κ3) is 4.30. The van der Waals surface area contributed by atoms with Gasteiger partial charge in [-0.25, -0.2) is 9.67 Å². The van der Waals surface area contributed by atoms with Gasteiger partial charge in [-0.3, -0.25) is 0 Å². The van der Waals surface area contributed by atoms with Crippen molar-refractivity contribution in [2.45, 2.75) is 65.5 Å². The van der Waals surface area contributed by atoms with Gasteiger partial charge in [0.05, 0.1) is 0 Å². The molecule has 1 aliphatic rings. The van der Waals surface area contributed by atoms with Gasteiger partial charge in [-0.2, -0.15) is 5.10 Å². The Bertz CT molecular complexity index is 368. The van der Waals surface area contributed by atoms with Crippen molar-refractivity contribution in [3.8, 4) is 0 Å². The fourth-order valence-electron chi connectivity index (χ4n) is 2.82. The zero-order chi connectivity index (χ0) is 13.7. The average Bonchev–Trinajstić information content (AvgIpc) is 2.70. The molecule has 0 radical (unpaired) electrons. The van der Waals surface area contributed by atoms with Gasteiger partial charge >= 0.3 is 0 Å². The van der Waals surface area contributed by atoms with E-state index >= 15 is 0 Å². The minimum absolute atomic E-state index is 0.561. The summed E-state index contributed by atoms with van der Waals surface area (Å²) in [5.74, 6) is 2.69. The van der Waals surface area contributed by atoms with Crippen LogP contribution in [0.25, 0.3) is 0 Å². The van der Waals surface area contributed by atoms with Gasteiger partial charge in [-0.15, -0.1) is 0 Å². The van der Waals surface area contributed by atoms with Crippen LogP contribution in [-0.2, 0) is 13.0 Å². The van der Waals surface area contributed by atoms with Crippen LogP contribution >= 0.6 is 0 Å². The van der Waals surface area contributed by atoms with Crippen LogP contribution in [-0.4, -0.2) is 27.4 Å². The highest BCUT2D eigenvalue weighted by atomic mass is 15.3. The largest absolute Gasteiger partial charge is 0.314 e. The van der Waals surface area contributed by atoms with Crippen molar-refractivity contribution >= 4 is 0 Å². The minimum Gasteiger partial charge on any atom is -0.314 e. The van der Waals surface area contributed by atoms with Crippen LogP contribution in [0, 0.1) is 11.8 Å². The molecule has 0 amide bonds. The highest BCUT2D eigenvalue weighted by Crippen LogP contribution is 2.31. The minimum atomic E-state index is 0.561. The number of likely N-dealkylation sites (N-methyl/N-ethyl adjacent to an activating group) is 1. The predicted octanol–water partition coefficient (Wildman–Crippen LogP) is 2.64. The van der Waals surface area contributed by atoms with E-state index in [9.17, 15) is 0 Å². The van der Waals surface area contributed by atoms with Gasteiger partial charge in [-0.1, -0.05) is 40.0 Å². The Labute approximate surface area is 117 Å². The molecule has 1 heterocycles. The summed E-state index contributed by atoms with van der Waals surface area (Å²) >= 11 is 0.